The summed E-state index contributed by atoms with van der Waals surface area (Å²) in [5, 5.41) is 9.41. The smallest absolute Gasteiger partial charge is 0.332 e. The number of imide groups is 1. The first-order valence-electron chi connectivity index (χ1n) is 5.87. The fourth-order valence-corrected chi connectivity index (χ4v) is 2.57. The van der Waals surface area contributed by atoms with Crippen LogP contribution in [0.25, 0.3) is 0 Å². The molecule has 1 fully saturated rings. The monoisotopic (exact) mass is 261 g/mol. The maximum Gasteiger partial charge on any atom is 0.332 e. The molecule has 2 heterocycles. The molecule has 1 aromatic rings. The molecular formula is C13H11NO5. The van der Waals surface area contributed by atoms with Crippen LogP contribution in [0, 0.1) is 0 Å². The molecule has 98 valence electrons. The van der Waals surface area contributed by atoms with Gasteiger partial charge in [0.2, 0.25) is 0 Å². The highest BCUT2D eigenvalue weighted by Crippen LogP contribution is 2.34. The van der Waals surface area contributed by atoms with Crippen LogP contribution in [0.1, 0.15) is 27.1 Å². The van der Waals surface area contributed by atoms with Gasteiger partial charge in [0, 0.05) is 13.0 Å². The molecular weight excluding hydrogens is 250 g/mol. The molecule has 2 amide bonds. The zero-order chi connectivity index (χ0) is 13.6. The molecule has 0 aliphatic carbocycles. The van der Waals surface area contributed by atoms with E-state index < -0.39 is 23.3 Å². The molecule has 6 nitrogen and oxygen atoms in total. The summed E-state index contributed by atoms with van der Waals surface area (Å²) in [6.45, 7) is 0.0630. The van der Waals surface area contributed by atoms with Crippen molar-refractivity contribution < 1.29 is 24.2 Å². The predicted octanol–water partition coefficient (Wildman–Crippen LogP) is 0.526. The third kappa shape index (κ3) is 1.43. The third-order valence-electron chi connectivity index (χ3n) is 3.62. The van der Waals surface area contributed by atoms with Crippen molar-refractivity contribution in [1.82, 2.24) is 4.90 Å². The minimum absolute atomic E-state index is 0.119. The lowest BCUT2D eigenvalue weighted by atomic mass is 9.96. The first kappa shape index (κ1) is 11.9. The average Bonchev–Trinajstić information content (AvgIpc) is 2.97. The predicted molar refractivity (Wildman–Crippen MR) is 62.7 cm³/mol. The quantitative estimate of drug-likeness (QED) is 0.785. The number of fused-ring (bicyclic) bond motifs is 1. The van der Waals surface area contributed by atoms with E-state index >= 15 is 0 Å². The molecule has 3 rings (SSSR count). The second-order valence-corrected chi connectivity index (χ2v) is 4.63. The van der Waals surface area contributed by atoms with Crippen molar-refractivity contribution in [2.24, 2.45) is 0 Å². The number of nitrogens with zero attached hydrogens (tertiary/aromatic N) is 1. The summed E-state index contributed by atoms with van der Waals surface area (Å²) in [5.41, 5.74) is -1.08. The molecule has 0 spiro atoms. The van der Waals surface area contributed by atoms with Gasteiger partial charge < -0.3 is 9.84 Å². The Balaban J connectivity index is 2.11. The maximum atomic E-state index is 12.3. The van der Waals surface area contributed by atoms with E-state index in [1.165, 1.54) is 12.1 Å². The van der Waals surface area contributed by atoms with Gasteiger partial charge in [-0.2, -0.15) is 0 Å². The minimum atomic E-state index is -1.58. The maximum absolute atomic E-state index is 12.3. The zero-order valence-electron chi connectivity index (χ0n) is 9.96. The third-order valence-corrected chi connectivity index (χ3v) is 3.62. The van der Waals surface area contributed by atoms with Gasteiger partial charge in [0.05, 0.1) is 17.7 Å². The van der Waals surface area contributed by atoms with E-state index in [0.717, 1.165) is 4.90 Å². The number of carboxylic acid groups (broad SMARTS) is 1. The van der Waals surface area contributed by atoms with Crippen LogP contribution < -0.4 is 0 Å². The first-order chi connectivity index (χ1) is 9.08. The number of carbonyl (C=O) groups is 3. The lowest BCUT2D eigenvalue weighted by Crippen LogP contribution is -2.57. The Morgan fingerprint density at radius 1 is 1.21 bits per heavy atom. The van der Waals surface area contributed by atoms with Gasteiger partial charge in [-0.1, -0.05) is 12.1 Å². The number of aliphatic carboxylic acids is 1. The molecule has 2 aliphatic rings. The second kappa shape index (κ2) is 3.89. The highest BCUT2D eigenvalue weighted by Gasteiger charge is 2.56. The highest BCUT2D eigenvalue weighted by molar-refractivity contribution is 6.23. The largest absolute Gasteiger partial charge is 0.479 e. The van der Waals surface area contributed by atoms with Gasteiger partial charge in [-0.05, 0) is 12.1 Å². The number of hydrogen-bond acceptors (Lipinski definition) is 4. The molecule has 1 atom stereocenters. The summed E-state index contributed by atoms with van der Waals surface area (Å²) in [5.74, 6) is -2.33. The summed E-state index contributed by atoms with van der Waals surface area (Å²) < 4.78 is 5.10. The Labute approximate surface area is 108 Å². The van der Waals surface area contributed by atoms with Crippen LogP contribution in [0.2, 0.25) is 0 Å². The molecule has 0 aromatic heterocycles. The van der Waals surface area contributed by atoms with Gasteiger partial charge in [-0.3, -0.25) is 14.5 Å². The summed E-state index contributed by atoms with van der Waals surface area (Å²) >= 11 is 0. The summed E-state index contributed by atoms with van der Waals surface area (Å²) in [6, 6.07) is 6.35. The van der Waals surface area contributed by atoms with Crippen LogP contribution in [0.5, 0.6) is 0 Å². The van der Waals surface area contributed by atoms with Crippen LogP contribution in [0.15, 0.2) is 24.3 Å². The van der Waals surface area contributed by atoms with Gasteiger partial charge in [0.1, 0.15) is 0 Å². The van der Waals surface area contributed by atoms with Gasteiger partial charge in [-0.25, -0.2) is 4.79 Å². The summed E-state index contributed by atoms with van der Waals surface area (Å²) in [7, 11) is 0. The normalized spacial score (nSPS) is 25.8. The van der Waals surface area contributed by atoms with Crippen LogP contribution in [0.3, 0.4) is 0 Å². The number of carbonyl (C=O) groups excluding carboxylic acids is 2. The van der Waals surface area contributed by atoms with Crippen molar-refractivity contribution in [3.63, 3.8) is 0 Å². The fourth-order valence-electron chi connectivity index (χ4n) is 2.57. The molecule has 19 heavy (non-hydrogen) atoms. The lowest BCUT2D eigenvalue weighted by Gasteiger charge is -2.31. The highest BCUT2D eigenvalue weighted by atomic mass is 16.5. The zero-order valence-corrected chi connectivity index (χ0v) is 9.96. The van der Waals surface area contributed by atoms with E-state index in [-0.39, 0.29) is 30.8 Å². The number of carboxylic acids is 1. The standard InChI is InChI=1S/C13H11NO5/c15-10-8-3-1-2-4-9(8)11(16)14(10)13(12(17)18)5-6-19-7-13/h1-4H,5-7H2,(H,17,18). The van der Waals surface area contributed by atoms with Gasteiger partial charge in [-0.15, -0.1) is 0 Å². The number of benzene rings is 1. The molecule has 0 saturated carbocycles. The Morgan fingerprint density at radius 2 is 1.79 bits per heavy atom. The SMILES string of the molecule is O=C1c2ccccc2C(=O)N1C1(C(=O)O)CCOC1. The van der Waals surface area contributed by atoms with Crippen molar-refractivity contribution in [2.45, 2.75) is 12.0 Å². The van der Waals surface area contributed by atoms with Crippen molar-refractivity contribution in [1.29, 1.82) is 0 Å². The Hall–Kier alpha value is -2.21. The number of amides is 2. The van der Waals surface area contributed by atoms with Crippen molar-refractivity contribution in [3.05, 3.63) is 35.4 Å². The number of ether oxygens (including phenoxy) is 1. The van der Waals surface area contributed by atoms with Crippen molar-refractivity contribution in [2.75, 3.05) is 13.2 Å². The fraction of sp³-hybridized carbons (Fsp3) is 0.308. The molecule has 2 aliphatic heterocycles. The Kier molecular flexibility index (Phi) is 2.43. The van der Waals surface area contributed by atoms with Gasteiger partial charge in [0.25, 0.3) is 11.8 Å². The van der Waals surface area contributed by atoms with Crippen molar-refractivity contribution in [3.8, 4) is 0 Å². The van der Waals surface area contributed by atoms with Crippen molar-refractivity contribution >= 4 is 17.8 Å². The molecule has 0 bridgehead atoms. The van der Waals surface area contributed by atoms with E-state index in [0.29, 0.717) is 0 Å². The summed E-state index contributed by atoms with van der Waals surface area (Å²) in [4.78, 5) is 36.9. The van der Waals surface area contributed by atoms with E-state index in [2.05, 4.69) is 0 Å². The average molecular weight is 261 g/mol. The summed E-state index contributed by atoms with van der Waals surface area (Å²) in [6.07, 6.45) is 0.119. The Bertz CT molecular complexity index is 553. The lowest BCUT2D eigenvalue weighted by molar-refractivity contribution is -0.148. The van der Waals surface area contributed by atoms with E-state index in [1.54, 1.807) is 12.1 Å². The van der Waals surface area contributed by atoms with Crippen LogP contribution >= 0.6 is 0 Å². The van der Waals surface area contributed by atoms with E-state index in [4.69, 9.17) is 4.74 Å². The van der Waals surface area contributed by atoms with E-state index in [9.17, 15) is 19.5 Å². The first-order valence-corrected chi connectivity index (χ1v) is 5.87. The molecule has 6 heteroatoms. The molecule has 1 aromatic carbocycles. The van der Waals surface area contributed by atoms with Crippen LogP contribution in [-0.2, 0) is 9.53 Å². The second-order valence-electron chi connectivity index (χ2n) is 4.63. The number of hydrogen-bond donors (Lipinski definition) is 1. The molecule has 1 unspecified atom stereocenters. The van der Waals surface area contributed by atoms with Gasteiger partial charge in [0.15, 0.2) is 5.54 Å². The van der Waals surface area contributed by atoms with Crippen LogP contribution in [0.4, 0.5) is 0 Å². The molecule has 1 N–H and O–H groups in total. The number of rotatable bonds is 2. The minimum Gasteiger partial charge on any atom is -0.479 e. The molecule has 1 saturated heterocycles. The Morgan fingerprint density at radius 3 is 2.21 bits per heavy atom. The molecule has 0 radical (unpaired) electrons. The van der Waals surface area contributed by atoms with E-state index in [1.807, 2.05) is 0 Å². The van der Waals surface area contributed by atoms with Crippen LogP contribution in [-0.4, -0.2) is 46.5 Å². The topological polar surface area (TPSA) is 83.9 Å². The van der Waals surface area contributed by atoms with Gasteiger partial charge >= 0.3 is 5.97 Å².